The Morgan fingerprint density at radius 2 is 2.19 bits per heavy atom. The van der Waals surface area contributed by atoms with Gasteiger partial charge in [-0.05, 0) is 62.8 Å². The van der Waals surface area contributed by atoms with Gasteiger partial charge in [-0.15, -0.1) is 0 Å². The molecule has 3 rings (SSSR count). The van der Waals surface area contributed by atoms with Gasteiger partial charge in [0.1, 0.15) is 5.84 Å². The Morgan fingerprint density at radius 1 is 1.41 bits per heavy atom. The molecule has 0 radical (unpaired) electrons. The molecule has 4 N–H and O–H groups in total. The zero-order valence-electron chi connectivity index (χ0n) is 15.5. The van der Waals surface area contributed by atoms with Gasteiger partial charge in [-0.1, -0.05) is 18.2 Å². The van der Waals surface area contributed by atoms with E-state index in [1.807, 2.05) is 13.0 Å². The van der Waals surface area contributed by atoms with Gasteiger partial charge in [-0.25, -0.2) is 4.99 Å². The van der Waals surface area contributed by atoms with Crippen LogP contribution in [-0.2, 0) is 22.0 Å². The molecule has 0 amide bonds. The maximum Gasteiger partial charge on any atom is 0.125 e. The van der Waals surface area contributed by atoms with Crippen LogP contribution < -0.4 is 11.5 Å². The van der Waals surface area contributed by atoms with E-state index in [1.54, 1.807) is 12.1 Å². The second-order valence-corrected chi connectivity index (χ2v) is 9.07. The summed E-state index contributed by atoms with van der Waals surface area (Å²) >= 11 is 6.24. The molecule has 0 bridgehead atoms. The van der Waals surface area contributed by atoms with Gasteiger partial charge in [-0.2, -0.15) is 0 Å². The SMILES string of the molecule is C=C(C)OC1CCC(/C(N)=C/C(N)=Nc2ccc(Cl)c3c2CCCS3=O)C1. The van der Waals surface area contributed by atoms with E-state index in [0.717, 1.165) is 54.8 Å². The number of halogens is 1. The number of amidine groups is 1. The van der Waals surface area contributed by atoms with Gasteiger partial charge in [0.25, 0.3) is 0 Å². The summed E-state index contributed by atoms with van der Waals surface area (Å²) in [6.45, 7) is 5.65. The van der Waals surface area contributed by atoms with E-state index in [2.05, 4.69) is 11.6 Å². The van der Waals surface area contributed by atoms with Crippen molar-refractivity contribution in [2.45, 2.75) is 50.0 Å². The third-order valence-corrected chi connectivity index (χ3v) is 6.97. The number of ether oxygens (including phenoxy) is 1. The molecule has 3 atom stereocenters. The Kier molecular flexibility index (Phi) is 6.27. The van der Waals surface area contributed by atoms with Gasteiger partial charge >= 0.3 is 0 Å². The molecular formula is C20H26ClN3O2S. The Morgan fingerprint density at radius 3 is 2.93 bits per heavy atom. The topological polar surface area (TPSA) is 90.7 Å². The molecule has 1 aliphatic carbocycles. The van der Waals surface area contributed by atoms with Crippen LogP contribution in [0.2, 0.25) is 5.02 Å². The number of aliphatic imine (C=N–C) groups is 1. The molecule has 0 saturated heterocycles. The van der Waals surface area contributed by atoms with Crippen LogP contribution in [0.1, 0.15) is 38.2 Å². The number of nitrogens with zero attached hydrogens (tertiary/aromatic N) is 1. The average Bonchev–Trinajstić information content (AvgIpc) is 3.05. The van der Waals surface area contributed by atoms with Gasteiger partial charge in [-0.3, -0.25) is 4.21 Å². The van der Waals surface area contributed by atoms with Crippen molar-refractivity contribution in [1.82, 2.24) is 0 Å². The van der Waals surface area contributed by atoms with E-state index in [9.17, 15) is 4.21 Å². The number of allylic oxidation sites excluding steroid dienone is 2. The maximum absolute atomic E-state index is 12.3. The number of fused-ring (bicyclic) bond motifs is 1. The van der Waals surface area contributed by atoms with Crippen molar-refractivity contribution in [3.05, 3.63) is 46.8 Å². The van der Waals surface area contributed by atoms with Gasteiger partial charge in [0.15, 0.2) is 0 Å². The normalized spacial score (nSPS) is 25.9. The summed E-state index contributed by atoms with van der Waals surface area (Å²) in [5.74, 6) is 1.94. The molecule has 0 aromatic heterocycles. The molecule has 3 unspecified atom stereocenters. The predicted molar refractivity (Wildman–Crippen MR) is 112 cm³/mol. The van der Waals surface area contributed by atoms with Crippen LogP contribution in [0.15, 0.2) is 46.1 Å². The van der Waals surface area contributed by atoms with Gasteiger partial charge < -0.3 is 16.2 Å². The lowest BCUT2D eigenvalue weighted by molar-refractivity contribution is 0.122. The molecule has 0 spiro atoms. The molecule has 7 heteroatoms. The quantitative estimate of drug-likeness (QED) is 0.439. The van der Waals surface area contributed by atoms with Gasteiger partial charge in [0.2, 0.25) is 0 Å². The molecule has 1 aromatic carbocycles. The van der Waals surface area contributed by atoms with E-state index in [4.69, 9.17) is 27.8 Å². The standard InChI is InChI=1S/C20H26ClN3O2S/c1-12(2)26-14-6-5-13(10-14)17(22)11-19(23)24-18-8-7-16(21)20-15(18)4-3-9-27(20)25/h7-8,11,13-14H,1,3-6,9-10,22H2,2H3,(H2,23,24)/b17-11-. The van der Waals surface area contributed by atoms with E-state index < -0.39 is 10.8 Å². The van der Waals surface area contributed by atoms with Crippen molar-refractivity contribution < 1.29 is 8.95 Å². The highest BCUT2D eigenvalue weighted by Gasteiger charge is 2.28. The zero-order chi connectivity index (χ0) is 19.6. The highest BCUT2D eigenvalue weighted by molar-refractivity contribution is 7.85. The Hall–Kier alpha value is -1.79. The number of rotatable bonds is 5. The molecule has 5 nitrogen and oxygen atoms in total. The predicted octanol–water partition coefficient (Wildman–Crippen LogP) is 3.94. The number of hydrogen-bond donors (Lipinski definition) is 2. The van der Waals surface area contributed by atoms with Crippen molar-refractivity contribution >= 4 is 33.9 Å². The largest absolute Gasteiger partial charge is 0.496 e. The first-order valence-electron chi connectivity index (χ1n) is 9.18. The summed E-state index contributed by atoms with van der Waals surface area (Å²) in [6, 6.07) is 3.56. The van der Waals surface area contributed by atoms with Crippen LogP contribution in [-0.4, -0.2) is 21.9 Å². The van der Waals surface area contributed by atoms with Crippen molar-refractivity contribution in [1.29, 1.82) is 0 Å². The molecule has 1 aromatic rings. The summed E-state index contributed by atoms with van der Waals surface area (Å²) in [5, 5.41) is 0.533. The zero-order valence-corrected chi connectivity index (χ0v) is 17.1. The van der Waals surface area contributed by atoms with Crippen LogP contribution in [0.5, 0.6) is 0 Å². The van der Waals surface area contributed by atoms with Crippen molar-refractivity contribution in [3.8, 4) is 0 Å². The van der Waals surface area contributed by atoms with E-state index in [1.165, 1.54) is 0 Å². The Bertz CT molecular complexity index is 835. The number of nitrogens with two attached hydrogens (primary N) is 2. The summed E-state index contributed by atoms with van der Waals surface area (Å²) in [5.41, 5.74) is 14.8. The Labute approximate surface area is 168 Å². The lowest BCUT2D eigenvalue weighted by atomic mass is 10.0. The first-order chi connectivity index (χ1) is 12.8. The minimum absolute atomic E-state index is 0.163. The molecule has 1 saturated carbocycles. The number of benzene rings is 1. The summed E-state index contributed by atoms with van der Waals surface area (Å²) in [4.78, 5) is 5.22. The van der Waals surface area contributed by atoms with E-state index >= 15 is 0 Å². The fourth-order valence-electron chi connectivity index (χ4n) is 3.76. The summed E-state index contributed by atoms with van der Waals surface area (Å²) in [7, 11) is -1.08. The summed E-state index contributed by atoms with van der Waals surface area (Å²) < 4.78 is 18.0. The van der Waals surface area contributed by atoms with E-state index in [0.29, 0.717) is 21.5 Å². The van der Waals surface area contributed by atoms with E-state index in [-0.39, 0.29) is 12.0 Å². The fraction of sp³-hybridized carbons (Fsp3) is 0.450. The van der Waals surface area contributed by atoms with Crippen molar-refractivity contribution in [2.24, 2.45) is 22.4 Å². The minimum atomic E-state index is -1.08. The molecule has 2 aliphatic rings. The van der Waals surface area contributed by atoms with Crippen molar-refractivity contribution in [2.75, 3.05) is 5.75 Å². The monoisotopic (exact) mass is 407 g/mol. The van der Waals surface area contributed by atoms with Gasteiger partial charge in [0, 0.05) is 17.4 Å². The highest BCUT2D eigenvalue weighted by atomic mass is 35.5. The molecule has 1 heterocycles. The minimum Gasteiger partial charge on any atom is -0.496 e. The van der Waals surface area contributed by atoms with Gasteiger partial charge in [0.05, 0.1) is 38.3 Å². The van der Waals surface area contributed by atoms with Crippen molar-refractivity contribution in [3.63, 3.8) is 0 Å². The average molecular weight is 408 g/mol. The third kappa shape index (κ3) is 4.74. The van der Waals surface area contributed by atoms with Crippen LogP contribution in [0.3, 0.4) is 0 Å². The van der Waals surface area contributed by atoms with Crippen LogP contribution in [0.25, 0.3) is 0 Å². The molecule has 1 fully saturated rings. The molecule has 1 aliphatic heterocycles. The molecule has 146 valence electrons. The second-order valence-electron chi connectivity index (χ2n) is 7.16. The Balaban J connectivity index is 1.78. The smallest absolute Gasteiger partial charge is 0.125 e. The number of hydrogen-bond acceptors (Lipinski definition) is 4. The second kappa shape index (κ2) is 8.48. The molecular weight excluding hydrogens is 382 g/mol. The van der Waals surface area contributed by atoms with Crippen LogP contribution >= 0.6 is 11.6 Å². The summed E-state index contributed by atoms with van der Waals surface area (Å²) in [6.07, 6.45) is 6.33. The maximum atomic E-state index is 12.3. The van der Waals surface area contributed by atoms with Crippen LogP contribution in [0.4, 0.5) is 5.69 Å². The fourth-order valence-corrected chi connectivity index (χ4v) is 5.57. The third-order valence-electron chi connectivity index (χ3n) is 4.96. The van der Waals surface area contributed by atoms with Crippen LogP contribution in [0, 0.1) is 5.92 Å². The first kappa shape index (κ1) is 20.0. The lowest BCUT2D eigenvalue weighted by Gasteiger charge is -2.18. The molecule has 27 heavy (non-hydrogen) atoms. The lowest BCUT2D eigenvalue weighted by Crippen LogP contribution is -2.17. The first-order valence-corrected chi connectivity index (χ1v) is 10.9. The highest BCUT2D eigenvalue weighted by Crippen LogP contribution is 2.36.